The first-order chi connectivity index (χ1) is 15.5. The molecule has 4 bridgehead atoms. The first kappa shape index (κ1) is 22.8. The highest BCUT2D eigenvalue weighted by Gasteiger charge is 2.62. The lowest BCUT2D eigenvalue weighted by Crippen LogP contribution is -2.64. The summed E-state index contributed by atoms with van der Waals surface area (Å²) in [6, 6.07) is 3.81. The Kier molecular flexibility index (Phi) is 5.18. The zero-order valence-corrected chi connectivity index (χ0v) is 20.0. The maximum atomic E-state index is 14.1. The standard InChI is InChI=1S/C24H32FN3O4S/c1-3-28(33(31,32)18-5-4-14(2)19(25)10-18)24(6-7-24)22(30)27-20-16-8-15-9-17(20)13-23(11-15,12-16)21(26)29/h4-5,10,15-17,20H,3,6-9,11-13H2,1-2H3,(H2,26,29)(H,27,30). The molecule has 6 rings (SSSR count). The highest BCUT2D eigenvalue weighted by molar-refractivity contribution is 7.89. The number of benzene rings is 1. The van der Waals surface area contributed by atoms with Crippen molar-refractivity contribution < 1.29 is 22.4 Å². The van der Waals surface area contributed by atoms with Crippen molar-refractivity contribution in [2.75, 3.05) is 6.54 Å². The molecule has 5 aliphatic rings. The number of likely N-dealkylation sites (N-methyl/N-ethyl adjacent to an activating group) is 1. The van der Waals surface area contributed by atoms with Crippen molar-refractivity contribution in [1.82, 2.24) is 9.62 Å². The smallest absolute Gasteiger partial charge is 0.244 e. The monoisotopic (exact) mass is 477 g/mol. The average molecular weight is 478 g/mol. The normalized spacial score (nSPS) is 33.8. The van der Waals surface area contributed by atoms with Crippen LogP contribution in [0.3, 0.4) is 0 Å². The molecule has 9 heteroatoms. The number of hydrogen-bond donors (Lipinski definition) is 2. The van der Waals surface area contributed by atoms with Crippen LogP contribution in [0.2, 0.25) is 0 Å². The van der Waals surface area contributed by atoms with Crippen LogP contribution in [-0.2, 0) is 19.6 Å². The second-order valence-corrected chi connectivity index (χ2v) is 12.6. The van der Waals surface area contributed by atoms with Crippen LogP contribution >= 0.6 is 0 Å². The molecule has 5 aliphatic carbocycles. The number of primary amides is 1. The van der Waals surface area contributed by atoms with Gasteiger partial charge in [0.15, 0.2) is 0 Å². The van der Waals surface area contributed by atoms with Gasteiger partial charge in [0.25, 0.3) is 0 Å². The van der Waals surface area contributed by atoms with Gasteiger partial charge in [0.1, 0.15) is 11.4 Å². The van der Waals surface area contributed by atoms with E-state index in [1.165, 1.54) is 16.4 Å². The van der Waals surface area contributed by atoms with E-state index in [4.69, 9.17) is 5.73 Å². The fraction of sp³-hybridized carbons (Fsp3) is 0.667. The summed E-state index contributed by atoms with van der Waals surface area (Å²) in [6.07, 6.45) is 5.09. The second kappa shape index (κ2) is 7.50. The predicted octanol–water partition coefficient (Wildman–Crippen LogP) is 2.47. The van der Waals surface area contributed by atoms with Crippen molar-refractivity contribution in [2.45, 2.75) is 75.3 Å². The summed E-state index contributed by atoms with van der Waals surface area (Å²) in [4.78, 5) is 25.6. The molecule has 5 fully saturated rings. The van der Waals surface area contributed by atoms with E-state index in [1.54, 1.807) is 13.8 Å². The van der Waals surface area contributed by atoms with Gasteiger partial charge in [0.05, 0.1) is 4.90 Å². The van der Waals surface area contributed by atoms with Crippen molar-refractivity contribution in [1.29, 1.82) is 0 Å². The van der Waals surface area contributed by atoms with Crippen LogP contribution in [-0.4, -0.2) is 42.7 Å². The molecule has 0 aromatic heterocycles. The summed E-state index contributed by atoms with van der Waals surface area (Å²) in [5.41, 5.74) is 4.56. The number of sulfonamides is 1. The number of carbonyl (C=O) groups excluding carboxylic acids is 2. The first-order valence-electron chi connectivity index (χ1n) is 11.9. The van der Waals surface area contributed by atoms with Gasteiger partial charge in [0.2, 0.25) is 21.8 Å². The topological polar surface area (TPSA) is 110 Å². The van der Waals surface area contributed by atoms with Crippen LogP contribution in [0.1, 0.15) is 57.4 Å². The van der Waals surface area contributed by atoms with Gasteiger partial charge in [-0.25, -0.2) is 12.8 Å². The third-order valence-electron chi connectivity index (χ3n) is 8.74. The summed E-state index contributed by atoms with van der Waals surface area (Å²) in [5.74, 6) is -0.215. The molecule has 5 saturated carbocycles. The number of nitrogens with zero attached hydrogens (tertiary/aromatic N) is 1. The Bertz CT molecular complexity index is 1100. The minimum absolute atomic E-state index is 0.0581. The molecular formula is C24H32FN3O4S. The lowest BCUT2D eigenvalue weighted by molar-refractivity contribution is -0.148. The number of hydrogen-bond acceptors (Lipinski definition) is 4. The van der Waals surface area contributed by atoms with Gasteiger partial charge in [-0.3, -0.25) is 9.59 Å². The van der Waals surface area contributed by atoms with Crippen LogP contribution in [0, 0.1) is 35.9 Å². The summed E-state index contributed by atoms with van der Waals surface area (Å²) >= 11 is 0. The van der Waals surface area contributed by atoms with E-state index >= 15 is 0 Å². The summed E-state index contributed by atoms with van der Waals surface area (Å²) in [7, 11) is -4.04. The minimum atomic E-state index is -4.04. The molecule has 2 unspecified atom stereocenters. The maximum absolute atomic E-state index is 14.1. The third-order valence-corrected chi connectivity index (χ3v) is 10.8. The molecule has 33 heavy (non-hydrogen) atoms. The molecule has 1 aromatic carbocycles. The Hall–Kier alpha value is -2.00. The third kappa shape index (κ3) is 3.41. The van der Waals surface area contributed by atoms with Crippen molar-refractivity contribution in [3.8, 4) is 0 Å². The predicted molar refractivity (Wildman–Crippen MR) is 120 cm³/mol. The molecule has 2 amide bonds. The van der Waals surface area contributed by atoms with E-state index in [2.05, 4.69) is 5.32 Å². The van der Waals surface area contributed by atoms with Gasteiger partial charge >= 0.3 is 0 Å². The highest BCUT2D eigenvalue weighted by atomic mass is 32.2. The van der Waals surface area contributed by atoms with Gasteiger partial charge in [-0.05, 0) is 87.3 Å². The lowest BCUT2D eigenvalue weighted by Gasteiger charge is -2.59. The first-order valence-corrected chi connectivity index (χ1v) is 13.4. The zero-order chi connectivity index (χ0) is 23.8. The number of carbonyl (C=O) groups is 2. The van der Waals surface area contributed by atoms with E-state index in [0.717, 1.165) is 25.3 Å². The number of nitrogens with one attached hydrogen (secondary N) is 1. The van der Waals surface area contributed by atoms with Crippen LogP contribution in [0.25, 0.3) is 0 Å². The van der Waals surface area contributed by atoms with E-state index in [1.807, 2.05) is 0 Å². The number of halogens is 1. The number of nitrogens with two attached hydrogens (primary N) is 1. The highest BCUT2D eigenvalue weighted by Crippen LogP contribution is 2.60. The molecule has 2 atom stereocenters. The Morgan fingerprint density at radius 2 is 1.82 bits per heavy atom. The number of amides is 2. The molecule has 3 N–H and O–H groups in total. The fourth-order valence-corrected chi connectivity index (χ4v) is 8.93. The van der Waals surface area contributed by atoms with Gasteiger partial charge in [0, 0.05) is 18.0 Å². The van der Waals surface area contributed by atoms with Crippen LogP contribution < -0.4 is 11.1 Å². The molecule has 180 valence electrons. The van der Waals surface area contributed by atoms with Crippen molar-refractivity contribution >= 4 is 21.8 Å². The second-order valence-electron chi connectivity index (χ2n) is 10.7. The van der Waals surface area contributed by atoms with Crippen molar-refractivity contribution in [3.05, 3.63) is 29.6 Å². The van der Waals surface area contributed by atoms with Crippen molar-refractivity contribution in [2.24, 2.45) is 28.9 Å². The lowest BCUT2D eigenvalue weighted by atomic mass is 9.47. The minimum Gasteiger partial charge on any atom is -0.369 e. The Morgan fingerprint density at radius 1 is 1.18 bits per heavy atom. The Balaban J connectivity index is 1.38. The van der Waals surface area contributed by atoms with Gasteiger partial charge in [-0.1, -0.05) is 13.0 Å². The van der Waals surface area contributed by atoms with E-state index < -0.39 is 26.8 Å². The van der Waals surface area contributed by atoms with E-state index in [-0.39, 0.29) is 41.1 Å². The molecular weight excluding hydrogens is 445 g/mol. The summed E-state index contributed by atoms with van der Waals surface area (Å²) < 4.78 is 42.2. The Labute approximate surface area is 194 Å². The molecule has 0 saturated heterocycles. The van der Waals surface area contributed by atoms with Gasteiger partial charge < -0.3 is 11.1 Å². The average Bonchev–Trinajstić information content (AvgIpc) is 3.54. The summed E-state index contributed by atoms with van der Waals surface area (Å²) in [5, 5.41) is 3.21. The zero-order valence-electron chi connectivity index (χ0n) is 19.1. The van der Waals surface area contributed by atoms with Crippen molar-refractivity contribution in [3.63, 3.8) is 0 Å². The molecule has 0 heterocycles. The number of aryl methyl sites for hydroxylation is 1. The SMILES string of the molecule is CCN(C1(C(=O)NC2C3CC4CC2CC(C(N)=O)(C4)C3)CC1)S(=O)(=O)c1ccc(C)c(F)c1. The summed E-state index contributed by atoms with van der Waals surface area (Å²) in [6.45, 7) is 3.40. The molecule has 0 spiro atoms. The van der Waals surface area contributed by atoms with Crippen LogP contribution in [0.4, 0.5) is 4.39 Å². The quantitative estimate of drug-likeness (QED) is 0.629. The van der Waals surface area contributed by atoms with E-state index in [0.29, 0.717) is 37.2 Å². The van der Waals surface area contributed by atoms with Crippen LogP contribution in [0.15, 0.2) is 23.1 Å². The fourth-order valence-electron chi connectivity index (χ4n) is 7.12. The molecule has 0 radical (unpaired) electrons. The molecule has 1 aromatic rings. The van der Waals surface area contributed by atoms with Gasteiger partial charge in [-0.2, -0.15) is 4.31 Å². The maximum Gasteiger partial charge on any atom is 0.244 e. The van der Waals surface area contributed by atoms with E-state index in [9.17, 15) is 22.4 Å². The molecule has 0 aliphatic heterocycles. The number of rotatable bonds is 7. The van der Waals surface area contributed by atoms with Crippen LogP contribution in [0.5, 0.6) is 0 Å². The Morgan fingerprint density at radius 3 is 2.33 bits per heavy atom. The molecule has 7 nitrogen and oxygen atoms in total. The van der Waals surface area contributed by atoms with Gasteiger partial charge in [-0.15, -0.1) is 0 Å². The largest absolute Gasteiger partial charge is 0.369 e.